The Hall–Kier alpha value is -1.88. The van der Waals surface area contributed by atoms with E-state index in [-0.39, 0.29) is 39.8 Å². The van der Waals surface area contributed by atoms with Crippen molar-refractivity contribution < 1.29 is 24.5 Å². The summed E-state index contributed by atoms with van der Waals surface area (Å²) in [6.07, 6.45) is 10.2. The predicted octanol–water partition coefficient (Wildman–Crippen LogP) is 6.72. The summed E-state index contributed by atoms with van der Waals surface area (Å²) in [5.74, 6) is 0.846. The number of hydrogen-bond acceptors (Lipinski definition) is 4. The van der Waals surface area contributed by atoms with Gasteiger partial charge in [-0.25, -0.2) is 4.79 Å². The lowest BCUT2D eigenvalue weighted by molar-refractivity contribution is -0.171. The van der Waals surface area contributed by atoms with Crippen LogP contribution in [-0.4, -0.2) is 34.4 Å². The highest BCUT2D eigenvalue weighted by Gasteiger charge is 2.63. The standard InChI is InChI=1S/C32H48O5/c1-18(15-22(34)16-19(2)29(35)36)23-11-13-31(7)24-9-10-27-30(5,6)28(37-21(4)33)12-14-32(27,8)26(24)17-25(31)20(23)3/h9,16,18,22-23,25-28,34H,3,10-15,17H2,1-2,4-8H3,(H,35,36)/b19-16+/t18-,22-,23-,25+,26-,27+,28-,31+,32-/m1/s1. The quantitative estimate of drug-likeness (QED) is 0.235. The first kappa shape index (κ1) is 28.1. The van der Waals surface area contributed by atoms with Crippen LogP contribution in [0, 0.1) is 45.8 Å². The fraction of sp³-hybridized carbons (Fsp3) is 0.750. The van der Waals surface area contributed by atoms with Gasteiger partial charge in [0.15, 0.2) is 0 Å². The first-order valence-electron chi connectivity index (χ1n) is 14.3. The number of aliphatic hydroxyl groups is 1. The van der Waals surface area contributed by atoms with Crippen LogP contribution in [0.5, 0.6) is 0 Å². The van der Waals surface area contributed by atoms with Gasteiger partial charge in [-0.2, -0.15) is 0 Å². The molecule has 0 aromatic heterocycles. The van der Waals surface area contributed by atoms with Crippen LogP contribution >= 0.6 is 0 Å². The molecule has 5 nitrogen and oxygen atoms in total. The largest absolute Gasteiger partial charge is 0.478 e. The molecule has 0 unspecified atom stereocenters. The molecular weight excluding hydrogens is 464 g/mol. The van der Waals surface area contributed by atoms with E-state index in [0.29, 0.717) is 30.1 Å². The maximum Gasteiger partial charge on any atom is 0.331 e. The second kappa shape index (κ2) is 9.70. The van der Waals surface area contributed by atoms with Crippen molar-refractivity contribution in [2.24, 2.45) is 45.8 Å². The Bertz CT molecular complexity index is 1020. The molecule has 5 heteroatoms. The van der Waals surface area contributed by atoms with E-state index in [0.717, 1.165) is 38.5 Å². The molecule has 0 bridgehead atoms. The summed E-state index contributed by atoms with van der Waals surface area (Å²) in [5.41, 5.74) is 3.42. The van der Waals surface area contributed by atoms with Crippen LogP contribution in [0.3, 0.4) is 0 Å². The number of allylic oxidation sites excluding steroid dienone is 3. The second-order valence-electron chi connectivity index (χ2n) is 13.8. The summed E-state index contributed by atoms with van der Waals surface area (Å²) < 4.78 is 5.82. The maximum absolute atomic E-state index is 11.8. The Morgan fingerprint density at radius 2 is 1.84 bits per heavy atom. The zero-order chi connectivity index (χ0) is 27.5. The van der Waals surface area contributed by atoms with Crippen molar-refractivity contribution in [3.8, 4) is 0 Å². The zero-order valence-corrected chi connectivity index (χ0v) is 24.0. The van der Waals surface area contributed by atoms with Crippen LogP contribution in [0.1, 0.15) is 93.4 Å². The lowest BCUT2D eigenvalue weighted by Gasteiger charge is -2.58. The SMILES string of the molecule is C=C1[C@@H]([C@H](C)C[C@@H](O)/C=C(\C)C(=O)O)CC[C@@]2(C)C3=CC[C@H]4C(C)(C)[C@H](OC(C)=O)CC[C@]4(C)[C@@H]3C[C@@H]12. The maximum atomic E-state index is 11.8. The average molecular weight is 513 g/mol. The highest BCUT2D eigenvalue weighted by atomic mass is 16.5. The molecule has 0 saturated heterocycles. The third-order valence-corrected chi connectivity index (χ3v) is 11.4. The minimum absolute atomic E-state index is 0.0253. The highest BCUT2D eigenvalue weighted by Crippen LogP contribution is 2.70. The van der Waals surface area contributed by atoms with E-state index in [1.807, 2.05) is 0 Å². The van der Waals surface area contributed by atoms with Crippen molar-refractivity contribution in [3.63, 3.8) is 0 Å². The lowest BCUT2D eigenvalue weighted by Crippen LogP contribution is -2.55. The number of aliphatic hydroxyl groups excluding tert-OH is 1. The van der Waals surface area contributed by atoms with Gasteiger partial charge in [0.1, 0.15) is 6.10 Å². The van der Waals surface area contributed by atoms with E-state index in [2.05, 4.69) is 47.3 Å². The van der Waals surface area contributed by atoms with Gasteiger partial charge in [-0.3, -0.25) is 4.79 Å². The fourth-order valence-corrected chi connectivity index (χ4v) is 9.33. The molecule has 4 aliphatic rings. The van der Waals surface area contributed by atoms with Crippen LogP contribution in [0.4, 0.5) is 0 Å². The van der Waals surface area contributed by atoms with Crippen LogP contribution < -0.4 is 0 Å². The van der Waals surface area contributed by atoms with Crippen molar-refractivity contribution in [2.45, 2.75) is 106 Å². The molecule has 0 aromatic carbocycles. The van der Waals surface area contributed by atoms with E-state index < -0.39 is 12.1 Å². The first-order valence-corrected chi connectivity index (χ1v) is 14.3. The van der Waals surface area contributed by atoms with E-state index in [9.17, 15) is 14.7 Å². The van der Waals surface area contributed by atoms with Crippen molar-refractivity contribution >= 4 is 11.9 Å². The monoisotopic (exact) mass is 512 g/mol. The summed E-state index contributed by atoms with van der Waals surface area (Å²) in [5, 5.41) is 19.7. The number of carbonyl (C=O) groups is 2. The molecule has 4 aliphatic carbocycles. The number of carboxylic acid groups (broad SMARTS) is 1. The smallest absolute Gasteiger partial charge is 0.331 e. The topological polar surface area (TPSA) is 83.8 Å². The molecule has 0 aromatic rings. The van der Waals surface area contributed by atoms with Gasteiger partial charge < -0.3 is 14.9 Å². The van der Waals surface area contributed by atoms with E-state index in [4.69, 9.17) is 9.84 Å². The Morgan fingerprint density at radius 3 is 2.46 bits per heavy atom. The number of rotatable bonds is 6. The Morgan fingerprint density at radius 1 is 1.16 bits per heavy atom. The van der Waals surface area contributed by atoms with Gasteiger partial charge >= 0.3 is 11.9 Å². The van der Waals surface area contributed by atoms with Gasteiger partial charge in [0, 0.05) is 17.9 Å². The predicted molar refractivity (Wildman–Crippen MR) is 146 cm³/mol. The van der Waals surface area contributed by atoms with Gasteiger partial charge in [-0.05, 0) is 98.4 Å². The lowest BCUT2D eigenvalue weighted by atomic mass is 9.47. The highest BCUT2D eigenvalue weighted by molar-refractivity contribution is 5.85. The molecule has 0 spiro atoms. The van der Waals surface area contributed by atoms with Crippen LogP contribution in [0.25, 0.3) is 0 Å². The molecule has 0 radical (unpaired) electrons. The minimum Gasteiger partial charge on any atom is -0.478 e. The van der Waals surface area contributed by atoms with Gasteiger partial charge in [0.25, 0.3) is 0 Å². The average Bonchev–Trinajstić information content (AvgIpc) is 3.10. The van der Waals surface area contributed by atoms with Crippen molar-refractivity contribution in [1.82, 2.24) is 0 Å². The number of carboxylic acids is 1. The molecule has 206 valence electrons. The molecule has 0 heterocycles. The first-order chi connectivity index (χ1) is 17.1. The molecule has 9 atom stereocenters. The normalized spacial score (nSPS) is 40.5. The molecule has 2 N–H and O–H groups in total. The van der Waals surface area contributed by atoms with Crippen molar-refractivity contribution in [1.29, 1.82) is 0 Å². The summed E-state index contributed by atoms with van der Waals surface area (Å²) in [6, 6.07) is 0. The van der Waals surface area contributed by atoms with E-state index in [1.165, 1.54) is 25.5 Å². The molecule has 4 rings (SSSR count). The van der Waals surface area contributed by atoms with E-state index >= 15 is 0 Å². The second-order valence-corrected chi connectivity index (χ2v) is 13.8. The molecule has 3 fully saturated rings. The third kappa shape index (κ3) is 4.64. The number of carbonyl (C=O) groups excluding carboxylic acids is 1. The number of fused-ring (bicyclic) bond motifs is 5. The van der Waals surface area contributed by atoms with E-state index in [1.54, 1.807) is 5.57 Å². The van der Waals surface area contributed by atoms with Crippen molar-refractivity contribution in [2.75, 3.05) is 0 Å². The van der Waals surface area contributed by atoms with Crippen LogP contribution in [0.2, 0.25) is 0 Å². The molecule has 0 aliphatic heterocycles. The minimum atomic E-state index is -0.983. The zero-order valence-electron chi connectivity index (χ0n) is 24.0. The number of aliphatic carboxylic acids is 1. The van der Waals surface area contributed by atoms with Gasteiger partial charge in [-0.1, -0.05) is 58.4 Å². The summed E-state index contributed by atoms with van der Waals surface area (Å²) in [6.45, 7) is 19.5. The van der Waals surface area contributed by atoms with Gasteiger partial charge in [0.05, 0.1) is 6.10 Å². The number of hydrogen-bond donors (Lipinski definition) is 2. The molecule has 37 heavy (non-hydrogen) atoms. The summed E-state index contributed by atoms with van der Waals surface area (Å²) >= 11 is 0. The van der Waals surface area contributed by atoms with Gasteiger partial charge in [0.2, 0.25) is 0 Å². The Balaban J connectivity index is 1.54. The molecule has 3 saturated carbocycles. The Kier molecular flexibility index (Phi) is 7.38. The van der Waals surface area contributed by atoms with Crippen LogP contribution in [0.15, 0.2) is 35.5 Å². The molecular formula is C32H48O5. The van der Waals surface area contributed by atoms with Crippen LogP contribution in [-0.2, 0) is 14.3 Å². The van der Waals surface area contributed by atoms with Gasteiger partial charge in [-0.15, -0.1) is 0 Å². The molecule has 0 amide bonds. The third-order valence-electron chi connectivity index (χ3n) is 11.4. The number of ether oxygens (including phenoxy) is 1. The van der Waals surface area contributed by atoms with Crippen molar-refractivity contribution in [3.05, 3.63) is 35.5 Å². The summed E-state index contributed by atoms with van der Waals surface area (Å²) in [7, 11) is 0. The Labute approximate surface area is 223 Å². The fourth-order valence-electron chi connectivity index (χ4n) is 9.33. The number of esters is 1. The summed E-state index contributed by atoms with van der Waals surface area (Å²) in [4.78, 5) is 23.0.